The summed E-state index contributed by atoms with van der Waals surface area (Å²) in [7, 11) is 2.87. The quantitative estimate of drug-likeness (QED) is 0.0847. The first-order valence-electron chi connectivity index (χ1n) is 15.4. The maximum atomic E-state index is 13.7. The fourth-order valence-electron chi connectivity index (χ4n) is 4.38. The summed E-state index contributed by atoms with van der Waals surface area (Å²) in [6.45, 7) is 4.25. The van der Waals surface area contributed by atoms with Gasteiger partial charge in [0.15, 0.2) is 17.5 Å². The van der Waals surface area contributed by atoms with E-state index >= 15 is 0 Å². The van der Waals surface area contributed by atoms with Crippen molar-refractivity contribution in [1.82, 2.24) is 14.9 Å². The average Bonchev–Trinajstić information content (AvgIpc) is 3.73. The van der Waals surface area contributed by atoms with E-state index in [-0.39, 0.29) is 57.4 Å². The zero-order valence-corrected chi connectivity index (χ0v) is 29.8. The molecular weight excluding hydrogens is 724 g/mol. The van der Waals surface area contributed by atoms with Gasteiger partial charge in [-0.25, -0.2) is 24.0 Å². The number of halogens is 1. The molecule has 1 amide bonds. The second-order valence-corrected chi connectivity index (χ2v) is 14.5. The number of esters is 2. The van der Waals surface area contributed by atoms with Gasteiger partial charge in [0, 0.05) is 49.8 Å². The molecule has 3 aliphatic rings. The molecule has 3 aliphatic heterocycles. The first-order valence-corrected chi connectivity index (χ1v) is 18.9. The van der Waals surface area contributed by atoms with Crippen LogP contribution in [0.4, 0.5) is 31.4 Å². The van der Waals surface area contributed by atoms with E-state index < -0.39 is 41.7 Å². The number of ether oxygens (including phenoxy) is 6. The number of anilines is 3. The lowest BCUT2D eigenvalue weighted by atomic mass is 10.1. The molecule has 2 atom stereocenters. The van der Waals surface area contributed by atoms with Crippen molar-refractivity contribution in [1.29, 1.82) is 0 Å². The van der Waals surface area contributed by atoms with Gasteiger partial charge in [-0.05, 0) is 6.42 Å². The number of amides is 1. The smallest absolute Gasteiger partial charge is 0.465 e. The van der Waals surface area contributed by atoms with Crippen LogP contribution in [0.15, 0.2) is 23.2 Å². The Bertz CT molecular complexity index is 1400. The SMILES string of the molecule is CC(=O)OCC(CCN1CNc2cnc(NC(=O)OCCSSCCOC(=O)OC[C@@H]3OC(N4C=C(F)C(N)=NC4)CS3)nc21)COC(C)=O. The Labute approximate surface area is 299 Å². The number of amidine groups is 1. The van der Waals surface area contributed by atoms with Crippen LogP contribution in [-0.2, 0) is 38.0 Å². The van der Waals surface area contributed by atoms with Crippen LogP contribution in [0.3, 0.4) is 0 Å². The summed E-state index contributed by atoms with van der Waals surface area (Å²) < 4.78 is 45.1. The van der Waals surface area contributed by atoms with Crippen LogP contribution < -0.4 is 21.3 Å². The van der Waals surface area contributed by atoms with Crippen LogP contribution in [0.5, 0.6) is 0 Å². The van der Waals surface area contributed by atoms with Crippen molar-refractivity contribution >= 4 is 80.8 Å². The molecule has 0 radical (unpaired) electrons. The number of carbonyl (C=O) groups excluding carboxylic acids is 4. The number of hydrogen-bond acceptors (Lipinski definition) is 20. The zero-order valence-electron chi connectivity index (χ0n) is 27.4. The van der Waals surface area contributed by atoms with Crippen LogP contribution in [0.1, 0.15) is 20.3 Å². The fraction of sp³-hybridized carbons (Fsp3) is 0.607. The molecule has 276 valence electrons. The highest BCUT2D eigenvalue weighted by Crippen LogP contribution is 2.30. The molecule has 50 heavy (non-hydrogen) atoms. The number of nitrogens with zero attached hydrogens (tertiary/aromatic N) is 5. The minimum absolute atomic E-state index is 0.0170. The fourth-order valence-corrected chi connectivity index (χ4v) is 7.05. The van der Waals surface area contributed by atoms with E-state index in [0.717, 1.165) is 0 Å². The number of fused-ring (bicyclic) bond motifs is 1. The molecule has 0 aliphatic carbocycles. The predicted octanol–water partition coefficient (Wildman–Crippen LogP) is 2.74. The number of aliphatic imine (C=N–C) groups is 1. The second kappa shape index (κ2) is 20.1. The monoisotopic (exact) mass is 762 g/mol. The lowest BCUT2D eigenvalue weighted by molar-refractivity contribution is -0.146. The molecule has 1 unspecified atom stereocenters. The van der Waals surface area contributed by atoms with Crippen LogP contribution in [0.25, 0.3) is 0 Å². The van der Waals surface area contributed by atoms with Gasteiger partial charge in [-0.2, -0.15) is 4.98 Å². The zero-order chi connectivity index (χ0) is 35.9. The van der Waals surface area contributed by atoms with Crippen LogP contribution >= 0.6 is 33.3 Å². The van der Waals surface area contributed by atoms with Gasteiger partial charge in [0.2, 0.25) is 5.95 Å². The second-order valence-electron chi connectivity index (χ2n) is 10.6. The van der Waals surface area contributed by atoms with Crippen LogP contribution in [-0.4, -0.2) is 127 Å². The Morgan fingerprint density at radius 3 is 2.54 bits per heavy atom. The summed E-state index contributed by atoms with van der Waals surface area (Å²) in [5.41, 5.74) is 5.70. The van der Waals surface area contributed by atoms with E-state index in [1.165, 1.54) is 53.4 Å². The summed E-state index contributed by atoms with van der Waals surface area (Å²) >= 11 is 1.43. The van der Waals surface area contributed by atoms with Gasteiger partial charge in [-0.3, -0.25) is 14.9 Å². The standard InChI is InChI=1S/C28H39FN8O10S3/c1-17(38)44-11-19(12-45-18(2)39)3-4-36-15-32-21-9-31-26(34-25(21)36)35-27(40)42-5-7-49-50-8-6-43-28(41)46-13-23-47-22(14-48-23)37-10-20(29)24(30)33-16-37/h9-10,19,22-23,32H,3-8,11-16H2,1-2H3,(H2,30,33)(H,31,34,35,40)/t22?,23-/m1/s1. The van der Waals surface area contributed by atoms with E-state index in [1.807, 2.05) is 4.90 Å². The minimum Gasteiger partial charge on any atom is -0.465 e. The molecule has 1 saturated heterocycles. The number of hydrogen-bond donors (Lipinski definition) is 3. The van der Waals surface area contributed by atoms with Crippen molar-refractivity contribution in [2.24, 2.45) is 16.6 Å². The maximum Gasteiger partial charge on any atom is 0.508 e. The molecule has 1 aromatic heterocycles. The Hall–Kier alpha value is -3.89. The first kappa shape index (κ1) is 38.9. The minimum atomic E-state index is -0.819. The molecule has 1 aromatic rings. The number of thioether (sulfide) groups is 1. The van der Waals surface area contributed by atoms with Gasteiger partial charge in [-0.15, -0.1) is 11.8 Å². The highest BCUT2D eigenvalue weighted by atomic mass is 33.1. The first-order chi connectivity index (χ1) is 24.1. The summed E-state index contributed by atoms with van der Waals surface area (Å²) in [6, 6.07) is 0. The van der Waals surface area contributed by atoms with Crippen molar-refractivity contribution in [3.8, 4) is 0 Å². The highest BCUT2D eigenvalue weighted by Gasteiger charge is 2.32. The van der Waals surface area contributed by atoms with Crippen LogP contribution in [0.2, 0.25) is 0 Å². The van der Waals surface area contributed by atoms with Gasteiger partial charge >= 0.3 is 24.2 Å². The molecule has 1 fully saturated rings. The third kappa shape index (κ3) is 13.1. The van der Waals surface area contributed by atoms with Crippen molar-refractivity contribution in [2.45, 2.75) is 31.9 Å². The predicted molar refractivity (Wildman–Crippen MR) is 185 cm³/mol. The van der Waals surface area contributed by atoms with Gasteiger partial charge in [0.05, 0.1) is 31.8 Å². The van der Waals surface area contributed by atoms with Crippen molar-refractivity contribution in [3.63, 3.8) is 0 Å². The molecule has 0 saturated carbocycles. The lowest BCUT2D eigenvalue weighted by Crippen LogP contribution is -2.37. The van der Waals surface area contributed by atoms with Crippen LogP contribution in [0, 0.1) is 5.92 Å². The number of nitrogens with two attached hydrogens (primary N) is 1. The molecule has 0 aromatic carbocycles. The molecular formula is C28H39FN8O10S3. The normalized spacial score (nSPS) is 18.1. The van der Waals surface area contributed by atoms with E-state index in [2.05, 4.69) is 25.6 Å². The summed E-state index contributed by atoms with van der Waals surface area (Å²) in [5.74, 6) is 0.370. The summed E-state index contributed by atoms with van der Waals surface area (Å²) in [4.78, 5) is 62.7. The molecule has 22 heteroatoms. The van der Waals surface area contributed by atoms with E-state index in [1.54, 1.807) is 11.1 Å². The summed E-state index contributed by atoms with van der Waals surface area (Å²) in [5, 5.41) is 5.70. The number of nitrogens with one attached hydrogen (secondary N) is 2. The third-order valence-electron chi connectivity index (χ3n) is 6.83. The molecule has 4 heterocycles. The number of carbonyl (C=O) groups is 4. The molecule has 0 bridgehead atoms. The van der Waals surface area contributed by atoms with E-state index in [9.17, 15) is 23.6 Å². The average molecular weight is 763 g/mol. The molecule has 18 nitrogen and oxygen atoms in total. The van der Waals surface area contributed by atoms with Crippen molar-refractivity contribution in [2.75, 3.05) is 85.7 Å². The van der Waals surface area contributed by atoms with E-state index in [0.29, 0.717) is 48.4 Å². The van der Waals surface area contributed by atoms with Gasteiger partial charge in [0.25, 0.3) is 0 Å². The lowest BCUT2D eigenvalue weighted by Gasteiger charge is -2.27. The van der Waals surface area contributed by atoms with E-state index in [4.69, 9.17) is 34.2 Å². The van der Waals surface area contributed by atoms with Gasteiger partial charge < -0.3 is 49.3 Å². The van der Waals surface area contributed by atoms with Gasteiger partial charge in [-0.1, -0.05) is 21.6 Å². The summed E-state index contributed by atoms with van der Waals surface area (Å²) in [6.07, 6.45) is 1.42. The largest absolute Gasteiger partial charge is 0.508 e. The Morgan fingerprint density at radius 2 is 1.84 bits per heavy atom. The highest BCUT2D eigenvalue weighted by molar-refractivity contribution is 8.76. The third-order valence-corrected chi connectivity index (χ3v) is 10.3. The van der Waals surface area contributed by atoms with Crippen molar-refractivity contribution in [3.05, 3.63) is 18.2 Å². The topological polar surface area (TPSA) is 218 Å². The molecule has 4 rings (SSSR count). The van der Waals surface area contributed by atoms with Crippen molar-refractivity contribution < 1.29 is 52.0 Å². The maximum absolute atomic E-state index is 13.7. The molecule has 0 spiro atoms. The Balaban J connectivity index is 1.04. The van der Waals surface area contributed by atoms with Gasteiger partial charge in [0.1, 0.15) is 38.2 Å². The number of aromatic nitrogens is 2. The Morgan fingerprint density at radius 1 is 1.12 bits per heavy atom. The Kier molecular flexibility index (Phi) is 15.6. The molecule has 4 N–H and O–H groups in total. The number of rotatable bonds is 18.